The summed E-state index contributed by atoms with van der Waals surface area (Å²) in [4.78, 5) is 4.59. The number of nitrogens with zero attached hydrogens (tertiary/aromatic N) is 2. The molecule has 1 aliphatic carbocycles. The van der Waals surface area contributed by atoms with Crippen molar-refractivity contribution in [3.8, 4) is 0 Å². The predicted molar refractivity (Wildman–Crippen MR) is 65.4 cm³/mol. The first-order chi connectivity index (χ1) is 7.66. The summed E-state index contributed by atoms with van der Waals surface area (Å²) < 4.78 is 2.08. The number of halogens is 1. The van der Waals surface area contributed by atoms with Gasteiger partial charge in [0.1, 0.15) is 5.82 Å². The molecule has 1 unspecified atom stereocenters. The van der Waals surface area contributed by atoms with E-state index in [1.807, 2.05) is 25.2 Å². The lowest BCUT2D eigenvalue weighted by Crippen LogP contribution is -2.17. The molecule has 84 valence electrons. The van der Waals surface area contributed by atoms with Gasteiger partial charge < -0.3 is 10.3 Å². The van der Waals surface area contributed by atoms with Gasteiger partial charge in [0.2, 0.25) is 0 Å². The minimum Gasteiger partial charge on any atom is -0.330 e. The van der Waals surface area contributed by atoms with Gasteiger partial charge in [-0.2, -0.15) is 0 Å². The zero-order chi connectivity index (χ0) is 11.3. The standard InChI is InChI=1S/C12H14ClN3/c1-16-10-5-4-8(13)6-9(10)15-12(16)11(14)7-2-3-7/h4-7,11H,2-3,14H2,1H3. The van der Waals surface area contributed by atoms with Gasteiger partial charge in [0.15, 0.2) is 0 Å². The number of benzene rings is 1. The fourth-order valence-electron chi connectivity index (χ4n) is 2.16. The molecule has 1 aromatic carbocycles. The van der Waals surface area contributed by atoms with E-state index < -0.39 is 0 Å². The largest absolute Gasteiger partial charge is 0.330 e. The first kappa shape index (κ1) is 10.1. The molecule has 0 radical (unpaired) electrons. The highest BCUT2D eigenvalue weighted by atomic mass is 35.5. The van der Waals surface area contributed by atoms with Crippen molar-refractivity contribution >= 4 is 22.6 Å². The van der Waals surface area contributed by atoms with Crippen LogP contribution < -0.4 is 5.73 Å². The molecule has 1 atom stereocenters. The summed E-state index contributed by atoms with van der Waals surface area (Å²) >= 11 is 5.95. The minimum absolute atomic E-state index is 0.0659. The highest BCUT2D eigenvalue weighted by Crippen LogP contribution is 2.39. The maximum atomic E-state index is 6.19. The van der Waals surface area contributed by atoms with Gasteiger partial charge in [-0.1, -0.05) is 11.6 Å². The minimum atomic E-state index is 0.0659. The molecule has 1 fully saturated rings. The van der Waals surface area contributed by atoms with Crippen LogP contribution in [0.3, 0.4) is 0 Å². The van der Waals surface area contributed by atoms with Crippen LogP contribution >= 0.6 is 11.6 Å². The van der Waals surface area contributed by atoms with E-state index in [0.717, 1.165) is 21.9 Å². The number of fused-ring (bicyclic) bond motifs is 1. The Hall–Kier alpha value is -1.06. The topological polar surface area (TPSA) is 43.8 Å². The van der Waals surface area contributed by atoms with E-state index in [4.69, 9.17) is 17.3 Å². The van der Waals surface area contributed by atoms with Gasteiger partial charge in [-0.15, -0.1) is 0 Å². The zero-order valence-corrected chi connectivity index (χ0v) is 9.91. The normalized spacial score (nSPS) is 17.9. The number of imidazole rings is 1. The summed E-state index contributed by atoms with van der Waals surface area (Å²) in [7, 11) is 2.01. The van der Waals surface area contributed by atoms with E-state index in [0.29, 0.717) is 5.92 Å². The molecular weight excluding hydrogens is 222 g/mol. The lowest BCUT2D eigenvalue weighted by molar-refractivity contribution is 0.574. The van der Waals surface area contributed by atoms with Gasteiger partial charge in [-0.25, -0.2) is 4.98 Å². The third kappa shape index (κ3) is 1.51. The van der Waals surface area contributed by atoms with Crippen molar-refractivity contribution in [3.63, 3.8) is 0 Å². The second-order valence-corrected chi connectivity index (χ2v) is 4.96. The zero-order valence-electron chi connectivity index (χ0n) is 9.15. The Bertz CT molecular complexity index is 542. The van der Waals surface area contributed by atoms with Gasteiger partial charge in [-0.3, -0.25) is 0 Å². The summed E-state index contributed by atoms with van der Waals surface area (Å²) in [5.74, 6) is 1.59. The highest BCUT2D eigenvalue weighted by Gasteiger charge is 2.32. The van der Waals surface area contributed by atoms with Crippen molar-refractivity contribution < 1.29 is 0 Å². The average Bonchev–Trinajstić information content (AvgIpc) is 3.04. The maximum absolute atomic E-state index is 6.19. The molecule has 1 aromatic heterocycles. The fraction of sp³-hybridized carbons (Fsp3) is 0.417. The maximum Gasteiger partial charge on any atom is 0.126 e. The highest BCUT2D eigenvalue weighted by molar-refractivity contribution is 6.31. The molecule has 16 heavy (non-hydrogen) atoms. The number of hydrogen-bond acceptors (Lipinski definition) is 2. The molecule has 4 heteroatoms. The molecule has 0 saturated heterocycles. The van der Waals surface area contributed by atoms with E-state index in [-0.39, 0.29) is 6.04 Å². The molecule has 0 spiro atoms. The molecule has 0 amide bonds. The first-order valence-electron chi connectivity index (χ1n) is 5.54. The Morgan fingerprint density at radius 3 is 2.94 bits per heavy atom. The van der Waals surface area contributed by atoms with E-state index in [1.165, 1.54) is 12.8 Å². The molecule has 3 rings (SSSR count). The SMILES string of the molecule is Cn1c(C(N)C2CC2)nc2cc(Cl)ccc21. The van der Waals surface area contributed by atoms with Gasteiger partial charge in [-0.05, 0) is 37.0 Å². The van der Waals surface area contributed by atoms with Crippen LogP contribution in [-0.2, 0) is 7.05 Å². The molecule has 1 aliphatic rings. The molecule has 2 N–H and O–H groups in total. The van der Waals surface area contributed by atoms with Crippen LogP contribution in [0.1, 0.15) is 24.7 Å². The third-order valence-electron chi connectivity index (χ3n) is 3.31. The van der Waals surface area contributed by atoms with E-state index >= 15 is 0 Å². The monoisotopic (exact) mass is 235 g/mol. The van der Waals surface area contributed by atoms with Crippen LogP contribution in [0.4, 0.5) is 0 Å². The van der Waals surface area contributed by atoms with E-state index in [9.17, 15) is 0 Å². The van der Waals surface area contributed by atoms with Crippen LogP contribution in [0.2, 0.25) is 5.02 Å². The Balaban J connectivity index is 2.14. The molecular formula is C12H14ClN3. The summed E-state index contributed by atoms with van der Waals surface area (Å²) in [5, 5.41) is 0.720. The van der Waals surface area contributed by atoms with Gasteiger partial charge in [0.05, 0.1) is 17.1 Å². The molecule has 2 aromatic rings. The number of rotatable bonds is 2. The Morgan fingerprint density at radius 1 is 1.50 bits per heavy atom. The fourth-order valence-corrected chi connectivity index (χ4v) is 2.32. The quantitative estimate of drug-likeness (QED) is 0.870. The van der Waals surface area contributed by atoms with Crippen molar-refractivity contribution in [3.05, 3.63) is 29.0 Å². The van der Waals surface area contributed by atoms with E-state index in [1.54, 1.807) is 0 Å². The third-order valence-corrected chi connectivity index (χ3v) is 3.54. The van der Waals surface area contributed by atoms with Gasteiger partial charge in [0, 0.05) is 12.1 Å². The van der Waals surface area contributed by atoms with Crippen molar-refractivity contribution in [2.45, 2.75) is 18.9 Å². The number of aryl methyl sites for hydroxylation is 1. The predicted octanol–water partition coefficient (Wildman–Crippen LogP) is 2.64. The Labute approximate surface area is 99.2 Å². The summed E-state index contributed by atoms with van der Waals surface area (Å²) in [6.45, 7) is 0. The van der Waals surface area contributed by atoms with Crippen LogP contribution in [0, 0.1) is 5.92 Å². The average molecular weight is 236 g/mol. The van der Waals surface area contributed by atoms with Gasteiger partial charge >= 0.3 is 0 Å². The van der Waals surface area contributed by atoms with Crippen LogP contribution in [0.5, 0.6) is 0 Å². The van der Waals surface area contributed by atoms with Crippen molar-refractivity contribution in [1.82, 2.24) is 9.55 Å². The molecule has 0 bridgehead atoms. The van der Waals surface area contributed by atoms with Crippen molar-refractivity contribution in [2.75, 3.05) is 0 Å². The van der Waals surface area contributed by atoms with Crippen molar-refractivity contribution in [1.29, 1.82) is 0 Å². The Kier molecular flexibility index (Phi) is 2.19. The van der Waals surface area contributed by atoms with Crippen LogP contribution in [-0.4, -0.2) is 9.55 Å². The van der Waals surface area contributed by atoms with E-state index in [2.05, 4.69) is 9.55 Å². The van der Waals surface area contributed by atoms with Crippen molar-refractivity contribution in [2.24, 2.45) is 18.7 Å². The molecule has 3 nitrogen and oxygen atoms in total. The second kappa shape index (κ2) is 3.47. The summed E-state index contributed by atoms with van der Waals surface area (Å²) in [6.07, 6.45) is 2.45. The molecule has 1 saturated carbocycles. The number of aromatic nitrogens is 2. The summed E-state index contributed by atoms with van der Waals surface area (Å²) in [5.41, 5.74) is 8.21. The van der Waals surface area contributed by atoms with Crippen LogP contribution in [0.15, 0.2) is 18.2 Å². The number of hydrogen-bond donors (Lipinski definition) is 1. The summed E-state index contributed by atoms with van der Waals surface area (Å²) in [6, 6.07) is 5.84. The lowest BCUT2D eigenvalue weighted by atomic mass is 10.2. The Morgan fingerprint density at radius 2 is 2.25 bits per heavy atom. The van der Waals surface area contributed by atoms with Gasteiger partial charge in [0.25, 0.3) is 0 Å². The molecule has 0 aliphatic heterocycles. The second-order valence-electron chi connectivity index (χ2n) is 4.53. The smallest absolute Gasteiger partial charge is 0.126 e. The van der Waals surface area contributed by atoms with Crippen LogP contribution in [0.25, 0.3) is 11.0 Å². The number of nitrogens with two attached hydrogens (primary N) is 1. The first-order valence-corrected chi connectivity index (χ1v) is 5.92. The molecule has 1 heterocycles. The lowest BCUT2D eigenvalue weighted by Gasteiger charge is -2.09.